The zero-order valence-corrected chi connectivity index (χ0v) is 14.7. The fraction of sp³-hybridized carbons (Fsp3) is 0.600. The second kappa shape index (κ2) is 5.55. The SMILES string of the molecule is COc1ccc2[nH]c3c(c2c1)CCN1C[C@@H](C)C[C@@H]3C1C(C)C. The highest BCUT2D eigenvalue weighted by Crippen LogP contribution is 2.44. The number of methoxy groups -OCH3 is 1. The first-order valence-corrected chi connectivity index (χ1v) is 9.01. The summed E-state index contributed by atoms with van der Waals surface area (Å²) >= 11 is 0. The zero-order chi connectivity index (χ0) is 16.1. The highest BCUT2D eigenvalue weighted by Gasteiger charge is 2.41. The van der Waals surface area contributed by atoms with Crippen LogP contribution in [0.25, 0.3) is 10.9 Å². The van der Waals surface area contributed by atoms with Crippen molar-refractivity contribution in [2.45, 2.75) is 45.6 Å². The molecule has 1 aromatic heterocycles. The molecule has 124 valence electrons. The molecule has 2 aromatic rings. The number of nitrogens with one attached hydrogen (secondary N) is 1. The summed E-state index contributed by atoms with van der Waals surface area (Å²) in [6, 6.07) is 7.12. The molecule has 1 N–H and O–H groups in total. The number of aromatic amines is 1. The van der Waals surface area contributed by atoms with Crippen molar-refractivity contribution in [1.82, 2.24) is 9.88 Å². The van der Waals surface area contributed by atoms with Crippen molar-refractivity contribution in [3.8, 4) is 5.75 Å². The summed E-state index contributed by atoms with van der Waals surface area (Å²) in [7, 11) is 1.75. The van der Waals surface area contributed by atoms with Gasteiger partial charge < -0.3 is 9.72 Å². The lowest BCUT2D eigenvalue weighted by molar-refractivity contribution is 0.0689. The van der Waals surface area contributed by atoms with Crippen LogP contribution in [-0.2, 0) is 6.42 Å². The first-order valence-electron chi connectivity index (χ1n) is 9.01. The molecule has 0 spiro atoms. The normalized spacial score (nSPS) is 30.3. The van der Waals surface area contributed by atoms with Crippen LogP contribution in [0.15, 0.2) is 18.2 Å². The van der Waals surface area contributed by atoms with Crippen LogP contribution in [0.3, 0.4) is 0 Å². The van der Waals surface area contributed by atoms with Gasteiger partial charge in [0.2, 0.25) is 0 Å². The quantitative estimate of drug-likeness (QED) is 0.901. The minimum atomic E-state index is 0.634. The second-order valence-electron chi connectivity index (χ2n) is 7.86. The van der Waals surface area contributed by atoms with Crippen molar-refractivity contribution in [2.24, 2.45) is 11.8 Å². The fourth-order valence-electron chi connectivity index (χ4n) is 5.06. The van der Waals surface area contributed by atoms with E-state index in [4.69, 9.17) is 4.74 Å². The highest BCUT2D eigenvalue weighted by molar-refractivity contribution is 5.86. The van der Waals surface area contributed by atoms with Gasteiger partial charge in [-0.05, 0) is 48.4 Å². The van der Waals surface area contributed by atoms with Gasteiger partial charge in [-0.1, -0.05) is 20.8 Å². The van der Waals surface area contributed by atoms with Crippen molar-refractivity contribution in [3.05, 3.63) is 29.5 Å². The average Bonchev–Trinajstić information content (AvgIpc) is 2.84. The number of aromatic nitrogens is 1. The summed E-state index contributed by atoms with van der Waals surface area (Å²) in [4.78, 5) is 6.54. The predicted molar refractivity (Wildman–Crippen MR) is 95.3 cm³/mol. The molecular weight excluding hydrogens is 284 g/mol. The average molecular weight is 312 g/mol. The van der Waals surface area contributed by atoms with E-state index in [-0.39, 0.29) is 0 Å². The van der Waals surface area contributed by atoms with Gasteiger partial charge in [0.15, 0.2) is 0 Å². The van der Waals surface area contributed by atoms with E-state index >= 15 is 0 Å². The Morgan fingerprint density at radius 1 is 1.30 bits per heavy atom. The van der Waals surface area contributed by atoms with E-state index in [1.807, 2.05) is 0 Å². The molecular formula is C20H28N2O. The lowest BCUT2D eigenvalue weighted by Gasteiger charge is -2.44. The Labute approximate surface area is 139 Å². The number of fused-ring (bicyclic) bond motifs is 6. The Bertz CT molecular complexity index is 718. The molecule has 0 aliphatic carbocycles. The number of rotatable bonds is 2. The highest BCUT2D eigenvalue weighted by atomic mass is 16.5. The summed E-state index contributed by atoms with van der Waals surface area (Å²) in [5.41, 5.74) is 4.30. The Kier molecular flexibility index (Phi) is 3.64. The third kappa shape index (κ3) is 2.37. The Morgan fingerprint density at radius 3 is 2.87 bits per heavy atom. The molecule has 2 bridgehead atoms. The maximum absolute atomic E-state index is 5.45. The molecule has 2 unspecified atom stereocenters. The van der Waals surface area contributed by atoms with Gasteiger partial charge in [-0.25, -0.2) is 0 Å². The topological polar surface area (TPSA) is 28.3 Å². The fourth-order valence-corrected chi connectivity index (χ4v) is 5.06. The maximum atomic E-state index is 5.45. The van der Waals surface area contributed by atoms with Crippen LogP contribution >= 0.6 is 0 Å². The van der Waals surface area contributed by atoms with Crippen LogP contribution in [0.2, 0.25) is 0 Å². The van der Waals surface area contributed by atoms with Gasteiger partial charge in [-0.3, -0.25) is 4.90 Å². The first kappa shape index (κ1) is 15.1. The second-order valence-corrected chi connectivity index (χ2v) is 7.86. The van der Waals surface area contributed by atoms with Crippen molar-refractivity contribution < 1.29 is 4.74 Å². The lowest BCUT2D eigenvalue weighted by Crippen LogP contribution is -2.49. The summed E-state index contributed by atoms with van der Waals surface area (Å²) in [6.45, 7) is 9.62. The van der Waals surface area contributed by atoms with Gasteiger partial charge in [-0.2, -0.15) is 0 Å². The molecule has 1 aromatic carbocycles. The Morgan fingerprint density at radius 2 is 2.13 bits per heavy atom. The van der Waals surface area contributed by atoms with Gasteiger partial charge in [0.25, 0.3) is 0 Å². The molecule has 1 fully saturated rings. The molecule has 0 amide bonds. The van der Waals surface area contributed by atoms with Crippen molar-refractivity contribution in [3.63, 3.8) is 0 Å². The maximum Gasteiger partial charge on any atom is 0.119 e. The van der Waals surface area contributed by atoms with E-state index < -0.39 is 0 Å². The van der Waals surface area contributed by atoms with Crippen LogP contribution in [-0.4, -0.2) is 36.1 Å². The Hall–Kier alpha value is -1.48. The molecule has 4 atom stereocenters. The third-order valence-electron chi connectivity index (χ3n) is 5.89. The van der Waals surface area contributed by atoms with Crippen molar-refractivity contribution >= 4 is 10.9 Å². The molecule has 3 nitrogen and oxygen atoms in total. The van der Waals surface area contributed by atoms with Crippen molar-refractivity contribution in [2.75, 3.05) is 20.2 Å². The van der Waals surface area contributed by atoms with Crippen LogP contribution in [0.1, 0.15) is 44.4 Å². The molecule has 2 aliphatic rings. The number of hydrogen-bond acceptors (Lipinski definition) is 2. The van der Waals surface area contributed by atoms with Gasteiger partial charge in [0.05, 0.1) is 7.11 Å². The monoisotopic (exact) mass is 312 g/mol. The van der Waals surface area contributed by atoms with E-state index in [1.54, 1.807) is 7.11 Å². The standard InChI is InChI=1S/C20H28N2O/c1-12(2)20-17-9-13(3)11-22(20)8-7-15-16-10-14(23-4)5-6-18(16)21-19(15)17/h5-6,10,12-13,17,20-21H,7-9,11H2,1-4H3/t13-,17-,20?/m0/s1. The van der Waals surface area contributed by atoms with E-state index in [0.29, 0.717) is 17.9 Å². The molecule has 3 heterocycles. The predicted octanol–water partition coefficient (Wildman–Crippen LogP) is 4.18. The minimum absolute atomic E-state index is 0.634. The smallest absolute Gasteiger partial charge is 0.119 e. The molecule has 3 heteroatoms. The van der Waals surface area contributed by atoms with Crippen LogP contribution < -0.4 is 4.74 Å². The van der Waals surface area contributed by atoms with Gasteiger partial charge in [0, 0.05) is 41.6 Å². The van der Waals surface area contributed by atoms with E-state index in [2.05, 4.69) is 48.9 Å². The summed E-state index contributed by atoms with van der Waals surface area (Å²) in [5, 5.41) is 1.36. The third-order valence-corrected chi connectivity index (χ3v) is 5.89. The summed E-state index contributed by atoms with van der Waals surface area (Å²) in [5.74, 6) is 3.07. The van der Waals surface area contributed by atoms with E-state index in [1.165, 1.54) is 41.7 Å². The van der Waals surface area contributed by atoms with Crippen LogP contribution in [0.5, 0.6) is 5.75 Å². The summed E-state index contributed by atoms with van der Waals surface area (Å²) in [6.07, 6.45) is 2.45. The molecule has 0 radical (unpaired) electrons. The van der Waals surface area contributed by atoms with E-state index in [9.17, 15) is 0 Å². The van der Waals surface area contributed by atoms with Crippen molar-refractivity contribution in [1.29, 1.82) is 0 Å². The van der Waals surface area contributed by atoms with Gasteiger partial charge in [0.1, 0.15) is 5.75 Å². The molecule has 2 aliphatic heterocycles. The number of nitrogens with zero attached hydrogens (tertiary/aromatic N) is 1. The number of ether oxygens (including phenoxy) is 1. The minimum Gasteiger partial charge on any atom is -0.497 e. The summed E-state index contributed by atoms with van der Waals surface area (Å²) < 4.78 is 5.45. The first-order chi connectivity index (χ1) is 11.1. The number of H-pyrrole nitrogens is 1. The molecule has 4 rings (SSSR count). The number of benzene rings is 1. The van der Waals surface area contributed by atoms with Gasteiger partial charge in [-0.15, -0.1) is 0 Å². The lowest BCUT2D eigenvalue weighted by atomic mass is 9.77. The number of hydrogen-bond donors (Lipinski definition) is 1. The Balaban J connectivity index is 1.87. The largest absolute Gasteiger partial charge is 0.497 e. The molecule has 1 saturated heterocycles. The molecule has 23 heavy (non-hydrogen) atoms. The number of piperidine rings is 1. The molecule has 0 saturated carbocycles. The van der Waals surface area contributed by atoms with Crippen LogP contribution in [0, 0.1) is 11.8 Å². The zero-order valence-electron chi connectivity index (χ0n) is 14.7. The van der Waals surface area contributed by atoms with Crippen LogP contribution in [0.4, 0.5) is 0 Å². The van der Waals surface area contributed by atoms with Gasteiger partial charge >= 0.3 is 0 Å². The van der Waals surface area contributed by atoms with E-state index in [0.717, 1.165) is 18.1 Å².